The molecular formula is C17H26N2O2. The van der Waals surface area contributed by atoms with Crippen molar-refractivity contribution >= 4 is 0 Å². The van der Waals surface area contributed by atoms with Gasteiger partial charge in [0.2, 0.25) is 6.79 Å². The monoisotopic (exact) mass is 290 g/mol. The Balaban J connectivity index is 1.67. The van der Waals surface area contributed by atoms with Crippen LogP contribution >= 0.6 is 0 Å². The van der Waals surface area contributed by atoms with Crippen molar-refractivity contribution in [3.8, 4) is 11.5 Å². The van der Waals surface area contributed by atoms with E-state index in [1.807, 2.05) is 13.1 Å². The van der Waals surface area contributed by atoms with Crippen LogP contribution in [0.15, 0.2) is 18.2 Å². The average Bonchev–Trinajstić information content (AvgIpc) is 3.18. The van der Waals surface area contributed by atoms with Crippen LogP contribution in [0, 0.1) is 5.92 Å². The molecule has 1 aliphatic carbocycles. The minimum atomic E-state index is 0.338. The zero-order valence-corrected chi connectivity index (χ0v) is 13.1. The van der Waals surface area contributed by atoms with Crippen LogP contribution in [0.3, 0.4) is 0 Å². The lowest BCUT2D eigenvalue weighted by Gasteiger charge is -2.27. The predicted molar refractivity (Wildman–Crippen MR) is 83.8 cm³/mol. The molecule has 4 nitrogen and oxygen atoms in total. The third-order valence-electron chi connectivity index (χ3n) is 4.34. The second-order valence-electron chi connectivity index (χ2n) is 6.16. The number of benzene rings is 1. The van der Waals surface area contributed by atoms with Crippen molar-refractivity contribution < 1.29 is 9.47 Å². The second kappa shape index (κ2) is 6.67. The molecule has 21 heavy (non-hydrogen) atoms. The van der Waals surface area contributed by atoms with Gasteiger partial charge in [0.1, 0.15) is 0 Å². The van der Waals surface area contributed by atoms with E-state index < -0.39 is 0 Å². The molecule has 1 unspecified atom stereocenters. The van der Waals surface area contributed by atoms with Gasteiger partial charge in [-0.1, -0.05) is 13.0 Å². The molecule has 1 N–H and O–H groups in total. The van der Waals surface area contributed by atoms with E-state index in [4.69, 9.17) is 9.47 Å². The molecule has 0 radical (unpaired) electrons. The van der Waals surface area contributed by atoms with Gasteiger partial charge in [-0.25, -0.2) is 0 Å². The Labute approximate surface area is 127 Å². The third kappa shape index (κ3) is 3.69. The van der Waals surface area contributed by atoms with Gasteiger partial charge in [-0.15, -0.1) is 0 Å². The van der Waals surface area contributed by atoms with Crippen molar-refractivity contribution in [1.82, 2.24) is 10.2 Å². The minimum absolute atomic E-state index is 0.338. The van der Waals surface area contributed by atoms with Crippen molar-refractivity contribution in [2.75, 3.05) is 33.5 Å². The summed E-state index contributed by atoms with van der Waals surface area (Å²) in [6, 6.07) is 6.62. The zero-order chi connectivity index (χ0) is 14.7. The zero-order valence-electron chi connectivity index (χ0n) is 13.1. The van der Waals surface area contributed by atoms with E-state index in [9.17, 15) is 0 Å². The highest BCUT2D eigenvalue weighted by atomic mass is 16.7. The Morgan fingerprint density at radius 3 is 2.81 bits per heavy atom. The first-order valence-electron chi connectivity index (χ1n) is 8.09. The summed E-state index contributed by atoms with van der Waals surface area (Å²) in [6.07, 6.45) is 4.03. The summed E-state index contributed by atoms with van der Waals surface area (Å²) in [5.74, 6) is 2.67. The van der Waals surface area contributed by atoms with E-state index in [0.717, 1.165) is 24.0 Å². The van der Waals surface area contributed by atoms with E-state index in [1.54, 1.807) is 0 Å². The summed E-state index contributed by atoms with van der Waals surface area (Å²) in [6.45, 7) is 6.08. The molecule has 0 bridgehead atoms. The maximum atomic E-state index is 5.50. The first kappa shape index (κ1) is 14.7. The first-order valence-corrected chi connectivity index (χ1v) is 8.09. The van der Waals surface area contributed by atoms with Gasteiger partial charge in [0.05, 0.1) is 0 Å². The number of nitrogens with zero attached hydrogens (tertiary/aromatic N) is 1. The van der Waals surface area contributed by atoms with Gasteiger partial charge in [0, 0.05) is 19.1 Å². The van der Waals surface area contributed by atoms with Crippen LogP contribution in [0.5, 0.6) is 11.5 Å². The molecule has 1 fully saturated rings. The summed E-state index contributed by atoms with van der Waals surface area (Å²) in [5, 5.41) is 3.45. The lowest BCUT2D eigenvalue weighted by molar-refractivity contribution is 0.174. The molecule has 2 aliphatic rings. The Bertz CT molecular complexity index is 474. The maximum Gasteiger partial charge on any atom is 0.231 e. The average molecular weight is 290 g/mol. The molecule has 1 aromatic rings. The summed E-state index contributed by atoms with van der Waals surface area (Å²) in [5.41, 5.74) is 1.28. The standard InChI is InChI=1S/C17H26N2O2/c1-3-8-19(10-13-4-5-13)11-15(18-2)14-6-7-16-17(9-14)21-12-20-16/h6-7,9,13,15,18H,3-5,8,10-12H2,1-2H3. The van der Waals surface area contributed by atoms with E-state index >= 15 is 0 Å². The van der Waals surface area contributed by atoms with E-state index in [0.29, 0.717) is 12.8 Å². The molecule has 1 aromatic carbocycles. The van der Waals surface area contributed by atoms with Crippen LogP contribution in [0.25, 0.3) is 0 Å². The number of fused-ring (bicyclic) bond motifs is 1. The van der Waals surface area contributed by atoms with Gasteiger partial charge in [-0.2, -0.15) is 0 Å². The fourth-order valence-electron chi connectivity index (χ4n) is 2.99. The lowest BCUT2D eigenvalue weighted by atomic mass is 10.1. The molecule has 1 aliphatic heterocycles. The van der Waals surface area contributed by atoms with Gasteiger partial charge < -0.3 is 19.7 Å². The molecule has 4 heteroatoms. The molecule has 0 saturated heterocycles. The predicted octanol–water partition coefficient (Wildman–Crippen LogP) is 2.80. The van der Waals surface area contributed by atoms with Gasteiger partial charge >= 0.3 is 0 Å². The van der Waals surface area contributed by atoms with Gasteiger partial charge in [0.25, 0.3) is 0 Å². The quantitative estimate of drug-likeness (QED) is 0.798. The first-order chi connectivity index (χ1) is 10.3. The molecule has 1 heterocycles. The molecule has 0 aromatic heterocycles. The number of rotatable bonds is 8. The highest BCUT2D eigenvalue weighted by Crippen LogP contribution is 2.35. The number of ether oxygens (including phenoxy) is 2. The van der Waals surface area contributed by atoms with Crippen LogP contribution in [-0.2, 0) is 0 Å². The highest BCUT2D eigenvalue weighted by Gasteiger charge is 2.26. The van der Waals surface area contributed by atoms with Gasteiger partial charge in [-0.3, -0.25) is 0 Å². The molecule has 116 valence electrons. The van der Waals surface area contributed by atoms with Crippen LogP contribution in [0.1, 0.15) is 37.8 Å². The van der Waals surface area contributed by atoms with E-state index in [2.05, 4.69) is 29.3 Å². The Morgan fingerprint density at radius 2 is 2.10 bits per heavy atom. The summed E-state index contributed by atoms with van der Waals surface area (Å²) in [7, 11) is 2.04. The fourth-order valence-corrected chi connectivity index (χ4v) is 2.99. The molecule has 0 amide bonds. The Hall–Kier alpha value is -1.26. The van der Waals surface area contributed by atoms with Crippen molar-refractivity contribution in [3.05, 3.63) is 23.8 Å². The number of likely N-dealkylation sites (N-methyl/N-ethyl adjacent to an activating group) is 1. The largest absolute Gasteiger partial charge is 0.454 e. The summed E-state index contributed by atoms with van der Waals surface area (Å²) in [4.78, 5) is 2.60. The van der Waals surface area contributed by atoms with Gasteiger partial charge in [-0.05, 0) is 56.5 Å². The van der Waals surface area contributed by atoms with Crippen molar-refractivity contribution in [2.45, 2.75) is 32.2 Å². The van der Waals surface area contributed by atoms with Crippen LogP contribution in [-0.4, -0.2) is 38.4 Å². The smallest absolute Gasteiger partial charge is 0.231 e. The van der Waals surface area contributed by atoms with Gasteiger partial charge in [0.15, 0.2) is 11.5 Å². The summed E-state index contributed by atoms with van der Waals surface area (Å²) < 4.78 is 10.9. The Morgan fingerprint density at radius 1 is 1.29 bits per heavy atom. The molecular weight excluding hydrogens is 264 g/mol. The van der Waals surface area contributed by atoms with Crippen LogP contribution < -0.4 is 14.8 Å². The molecule has 0 spiro atoms. The number of hydrogen-bond acceptors (Lipinski definition) is 4. The third-order valence-corrected chi connectivity index (χ3v) is 4.34. The summed E-state index contributed by atoms with van der Waals surface area (Å²) >= 11 is 0. The minimum Gasteiger partial charge on any atom is -0.454 e. The highest BCUT2D eigenvalue weighted by molar-refractivity contribution is 5.45. The van der Waals surface area contributed by atoms with Crippen molar-refractivity contribution in [1.29, 1.82) is 0 Å². The van der Waals surface area contributed by atoms with E-state index in [-0.39, 0.29) is 0 Å². The second-order valence-corrected chi connectivity index (χ2v) is 6.16. The van der Waals surface area contributed by atoms with Crippen LogP contribution in [0.4, 0.5) is 0 Å². The molecule has 1 atom stereocenters. The fraction of sp³-hybridized carbons (Fsp3) is 0.647. The SMILES string of the molecule is CCCN(CC1CC1)CC(NC)c1ccc2c(c1)OCO2. The molecule has 1 saturated carbocycles. The van der Waals surface area contributed by atoms with E-state index in [1.165, 1.54) is 37.9 Å². The topological polar surface area (TPSA) is 33.7 Å². The normalized spacial score (nSPS) is 18.2. The maximum absolute atomic E-state index is 5.50. The lowest BCUT2D eigenvalue weighted by Crippen LogP contribution is -2.35. The van der Waals surface area contributed by atoms with Crippen molar-refractivity contribution in [2.24, 2.45) is 5.92 Å². The molecule has 3 rings (SSSR count). The van der Waals surface area contributed by atoms with Crippen LogP contribution in [0.2, 0.25) is 0 Å². The number of hydrogen-bond donors (Lipinski definition) is 1. The van der Waals surface area contributed by atoms with Crippen molar-refractivity contribution in [3.63, 3.8) is 0 Å². The Kier molecular flexibility index (Phi) is 4.66. The number of nitrogens with one attached hydrogen (secondary N) is 1.